The van der Waals surface area contributed by atoms with Crippen molar-refractivity contribution in [3.63, 3.8) is 0 Å². The van der Waals surface area contributed by atoms with Gasteiger partial charge in [-0.05, 0) is 6.07 Å². The standard InChI is InChI=1S/C9H11N4O2/c14-13(15)8-1-2-9(11-7-8)12-5-3-10-4-6-12/h1-2,7H,3-6H2. The summed E-state index contributed by atoms with van der Waals surface area (Å²) in [4.78, 5) is 16.1. The van der Waals surface area contributed by atoms with Gasteiger partial charge in [0.15, 0.2) is 0 Å². The average molecular weight is 207 g/mol. The predicted octanol–water partition coefficient (Wildman–Crippen LogP) is 0.414. The number of rotatable bonds is 2. The van der Waals surface area contributed by atoms with Crippen LogP contribution in [0.4, 0.5) is 11.5 Å². The van der Waals surface area contributed by atoms with Crippen LogP contribution in [0.2, 0.25) is 0 Å². The van der Waals surface area contributed by atoms with E-state index in [4.69, 9.17) is 0 Å². The number of piperazine rings is 1. The Morgan fingerprint density at radius 3 is 2.60 bits per heavy atom. The summed E-state index contributed by atoms with van der Waals surface area (Å²) in [5.74, 6) is 0.788. The minimum absolute atomic E-state index is 0.0282. The minimum Gasteiger partial charge on any atom is -0.354 e. The SMILES string of the molecule is O=[N+]([O-])c1ccc(N2CC[N]CC2)nc1. The zero-order valence-corrected chi connectivity index (χ0v) is 8.17. The first-order valence-electron chi connectivity index (χ1n) is 4.76. The zero-order chi connectivity index (χ0) is 10.7. The van der Waals surface area contributed by atoms with Crippen LogP contribution in [-0.2, 0) is 0 Å². The Labute approximate surface area is 87.1 Å². The van der Waals surface area contributed by atoms with E-state index in [-0.39, 0.29) is 5.69 Å². The molecule has 0 aliphatic carbocycles. The lowest BCUT2D eigenvalue weighted by atomic mass is 10.3. The van der Waals surface area contributed by atoms with Crippen LogP contribution in [-0.4, -0.2) is 36.1 Å². The summed E-state index contributed by atoms with van der Waals surface area (Å²) in [7, 11) is 0. The van der Waals surface area contributed by atoms with E-state index in [9.17, 15) is 10.1 Å². The topological polar surface area (TPSA) is 73.4 Å². The largest absolute Gasteiger partial charge is 0.354 e. The third-order valence-electron chi connectivity index (χ3n) is 2.32. The quantitative estimate of drug-likeness (QED) is 0.520. The molecule has 0 N–H and O–H groups in total. The van der Waals surface area contributed by atoms with Gasteiger partial charge in [0.2, 0.25) is 0 Å². The van der Waals surface area contributed by atoms with Crippen molar-refractivity contribution in [2.45, 2.75) is 0 Å². The molecule has 0 atom stereocenters. The third-order valence-corrected chi connectivity index (χ3v) is 2.32. The molecule has 1 aliphatic rings. The molecule has 79 valence electrons. The number of anilines is 1. The van der Waals surface area contributed by atoms with Gasteiger partial charge in [-0.25, -0.2) is 10.3 Å². The van der Waals surface area contributed by atoms with Crippen molar-refractivity contribution in [3.8, 4) is 0 Å². The van der Waals surface area contributed by atoms with Crippen LogP contribution in [0, 0.1) is 10.1 Å². The molecule has 2 heterocycles. The third kappa shape index (κ3) is 2.21. The van der Waals surface area contributed by atoms with Gasteiger partial charge in [-0.2, -0.15) is 0 Å². The molecule has 1 radical (unpaired) electrons. The van der Waals surface area contributed by atoms with Crippen molar-refractivity contribution in [1.29, 1.82) is 0 Å². The Bertz CT molecular complexity index is 346. The van der Waals surface area contributed by atoms with Crippen molar-refractivity contribution in [2.75, 3.05) is 31.1 Å². The highest BCUT2D eigenvalue weighted by Crippen LogP contribution is 2.15. The van der Waals surface area contributed by atoms with Crippen LogP contribution in [0.3, 0.4) is 0 Å². The first kappa shape index (κ1) is 9.85. The molecule has 1 aromatic heterocycles. The van der Waals surface area contributed by atoms with Gasteiger partial charge >= 0.3 is 0 Å². The molecule has 1 fully saturated rings. The summed E-state index contributed by atoms with van der Waals surface area (Å²) in [5, 5.41) is 14.6. The molecular formula is C9H11N4O2. The van der Waals surface area contributed by atoms with Gasteiger partial charge in [-0.1, -0.05) is 0 Å². The molecule has 0 saturated carbocycles. The Morgan fingerprint density at radius 1 is 1.33 bits per heavy atom. The molecule has 1 aromatic rings. The van der Waals surface area contributed by atoms with E-state index in [2.05, 4.69) is 15.2 Å². The molecule has 6 heteroatoms. The lowest BCUT2D eigenvalue weighted by Gasteiger charge is -2.27. The lowest BCUT2D eigenvalue weighted by molar-refractivity contribution is -0.385. The van der Waals surface area contributed by atoms with E-state index in [1.807, 2.05) is 0 Å². The van der Waals surface area contributed by atoms with Crippen LogP contribution in [0.25, 0.3) is 0 Å². The van der Waals surface area contributed by atoms with Crippen LogP contribution >= 0.6 is 0 Å². The number of hydrogen-bond donors (Lipinski definition) is 0. The van der Waals surface area contributed by atoms with Gasteiger partial charge in [-0.15, -0.1) is 0 Å². The van der Waals surface area contributed by atoms with Gasteiger partial charge in [0.25, 0.3) is 5.69 Å². The molecule has 0 amide bonds. The Balaban J connectivity index is 2.11. The maximum Gasteiger partial charge on any atom is 0.287 e. The Hall–Kier alpha value is -1.69. The fraction of sp³-hybridized carbons (Fsp3) is 0.444. The van der Waals surface area contributed by atoms with Gasteiger partial charge in [0.1, 0.15) is 12.0 Å². The Morgan fingerprint density at radius 2 is 2.07 bits per heavy atom. The lowest BCUT2D eigenvalue weighted by Crippen LogP contribution is -2.40. The van der Waals surface area contributed by atoms with E-state index < -0.39 is 4.92 Å². The molecular weight excluding hydrogens is 196 g/mol. The first-order chi connectivity index (χ1) is 7.27. The fourth-order valence-corrected chi connectivity index (χ4v) is 1.51. The van der Waals surface area contributed by atoms with Gasteiger partial charge in [0.05, 0.1) is 4.92 Å². The summed E-state index contributed by atoms with van der Waals surface area (Å²) >= 11 is 0. The number of aromatic nitrogens is 1. The molecule has 6 nitrogen and oxygen atoms in total. The number of nitrogens with zero attached hydrogens (tertiary/aromatic N) is 4. The minimum atomic E-state index is -0.442. The van der Waals surface area contributed by atoms with Gasteiger partial charge in [-0.3, -0.25) is 10.1 Å². The second-order valence-corrected chi connectivity index (χ2v) is 3.29. The van der Waals surface area contributed by atoms with Crippen molar-refractivity contribution >= 4 is 11.5 Å². The normalized spacial score (nSPS) is 16.4. The van der Waals surface area contributed by atoms with E-state index in [0.717, 1.165) is 32.0 Å². The van der Waals surface area contributed by atoms with Crippen molar-refractivity contribution in [3.05, 3.63) is 28.4 Å². The molecule has 2 rings (SSSR count). The van der Waals surface area contributed by atoms with Crippen LogP contribution in [0.5, 0.6) is 0 Å². The molecule has 0 spiro atoms. The predicted molar refractivity (Wildman–Crippen MR) is 55.0 cm³/mol. The molecule has 0 bridgehead atoms. The van der Waals surface area contributed by atoms with Crippen molar-refractivity contribution < 1.29 is 4.92 Å². The van der Waals surface area contributed by atoms with E-state index in [1.54, 1.807) is 6.07 Å². The molecule has 15 heavy (non-hydrogen) atoms. The highest BCUT2D eigenvalue weighted by Gasteiger charge is 2.13. The Kier molecular flexibility index (Phi) is 2.77. The maximum absolute atomic E-state index is 10.4. The van der Waals surface area contributed by atoms with E-state index >= 15 is 0 Å². The summed E-state index contributed by atoms with van der Waals surface area (Å²) < 4.78 is 0. The van der Waals surface area contributed by atoms with E-state index in [0.29, 0.717) is 0 Å². The molecule has 1 aliphatic heterocycles. The van der Waals surface area contributed by atoms with Crippen molar-refractivity contribution in [1.82, 2.24) is 10.3 Å². The molecule has 1 saturated heterocycles. The second kappa shape index (κ2) is 4.22. The highest BCUT2D eigenvalue weighted by molar-refractivity contribution is 5.43. The van der Waals surface area contributed by atoms with Crippen LogP contribution in [0.15, 0.2) is 18.3 Å². The highest BCUT2D eigenvalue weighted by atomic mass is 16.6. The number of nitro groups is 1. The molecule has 0 aromatic carbocycles. The first-order valence-corrected chi connectivity index (χ1v) is 4.76. The summed E-state index contributed by atoms with van der Waals surface area (Å²) in [6.45, 7) is 3.28. The second-order valence-electron chi connectivity index (χ2n) is 3.29. The maximum atomic E-state index is 10.4. The van der Waals surface area contributed by atoms with Crippen molar-refractivity contribution in [2.24, 2.45) is 0 Å². The number of hydrogen-bond acceptors (Lipinski definition) is 4. The zero-order valence-electron chi connectivity index (χ0n) is 8.17. The smallest absolute Gasteiger partial charge is 0.287 e. The fourth-order valence-electron chi connectivity index (χ4n) is 1.51. The molecule has 0 unspecified atom stereocenters. The van der Waals surface area contributed by atoms with Crippen LogP contribution < -0.4 is 10.2 Å². The monoisotopic (exact) mass is 207 g/mol. The average Bonchev–Trinajstić information content (AvgIpc) is 2.30. The summed E-state index contributed by atoms with van der Waals surface area (Å²) in [6.07, 6.45) is 1.29. The van der Waals surface area contributed by atoms with Gasteiger partial charge in [0, 0.05) is 32.2 Å². The summed E-state index contributed by atoms with van der Waals surface area (Å²) in [5.41, 5.74) is 0.0282. The number of pyridine rings is 1. The van der Waals surface area contributed by atoms with Gasteiger partial charge < -0.3 is 4.90 Å². The summed E-state index contributed by atoms with van der Waals surface area (Å²) in [6, 6.07) is 3.16. The van der Waals surface area contributed by atoms with Crippen LogP contribution in [0.1, 0.15) is 0 Å². The van der Waals surface area contributed by atoms with E-state index in [1.165, 1.54) is 12.3 Å².